The molecular weight excluding hydrogens is 474 g/mol. The van der Waals surface area contributed by atoms with Crippen LogP contribution in [0.5, 0.6) is 0 Å². The van der Waals surface area contributed by atoms with Gasteiger partial charge in [-0.1, -0.05) is 0 Å². The minimum absolute atomic E-state index is 0.0519. The molecule has 3 heterocycles. The van der Waals surface area contributed by atoms with Gasteiger partial charge in [0.25, 0.3) is 12.9 Å². The molecule has 2 aromatic heterocycles. The van der Waals surface area contributed by atoms with E-state index in [0.29, 0.717) is 0 Å². The van der Waals surface area contributed by atoms with Crippen molar-refractivity contribution in [3.63, 3.8) is 0 Å². The van der Waals surface area contributed by atoms with Crippen LogP contribution in [0.15, 0.2) is 32.3 Å². The van der Waals surface area contributed by atoms with Gasteiger partial charge >= 0.3 is 11.7 Å². The van der Waals surface area contributed by atoms with Crippen LogP contribution in [0.1, 0.15) is 22.7 Å². The predicted octanol–water partition coefficient (Wildman–Crippen LogP) is 2.62. The van der Waals surface area contributed by atoms with E-state index < -0.39 is 53.1 Å². The molecule has 0 aliphatic carbocycles. The van der Waals surface area contributed by atoms with Gasteiger partial charge in [-0.3, -0.25) is 4.79 Å². The van der Waals surface area contributed by atoms with Crippen LogP contribution < -0.4 is 0 Å². The van der Waals surface area contributed by atoms with Crippen molar-refractivity contribution < 1.29 is 36.8 Å². The Kier molecular flexibility index (Phi) is 5.44. The van der Waals surface area contributed by atoms with E-state index in [1.165, 1.54) is 12.3 Å². The summed E-state index contributed by atoms with van der Waals surface area (Å²) in [6.07, 6.45) is -6.74. The fraction of sp³-hybridized carbons (Fsp3) is 0.357. The Bertz CT molecular complexity index is 993. The van der Waals surface area contributed by atoms with Gasteiger partial charge in [-0.15, -0.1) is 0 Å². The van der Waals surface area contributed by atoms with E-state index in [0.717, 1.165) is 10.7 Å². The molecule has 156 valence electrons. The minimum atomic E-state index is -3.57. The fourth-order valence-corrected chi connectivity index (χ4v) is 3.00. The van der Waals surface area contributed by atoms with Crippen LogP contribution in [-0.2, 0) is 6.54 Å². The molecule has 3 rings (SSSR count). The number of nitro groups is 1. The number of halogens is 5. The Hall–Kier alpha value is -2.81. The SMILES string of the molecule is O=C(c1ccc(Cn2cc(Br)c([N+](=O)[O-])n2)o1)N1N=C(C(F)F)C[C@@]1(O)C(F)F. The molecule has 1 N–H and O–H groups in total. The predicted molar refractivity (Wildman–Crippen MR) is 89.6 cm³/mol. The van der Waals surface area contributed by atoms with Gasteiger partial charge in [-0.2, -0.15) is 14.8 Å². The first kappa shape index (κ1) is 20.9. The lowest BCUT2D eigenvalue weighted by Crippen LogP contribution is -2.51. The highest BCUT2D eigenvalue weighted by Gasteiger charge is 2.54. The van der Waals surface area contributed by atoms with Gasteiger partial charge in [-0.05, 0) is 33.0 Å². The number of amides is 1. The summed E-state index contributed by atoms with van der Waals surface area (Å²) >= 11 is 2.96. The highest BCUT2D eigenvalue weighted by molar-refractivity contribution is 9.10. The molecule has 0 spiro atoms. The largest absolute Gasteiger partial charge is 0.454 e. The Morgan fingerprint density at radius 2 is 2.10 bits per heavy atom. The quantitative estimate of drug-likeness (QED) is 0.382. The maximum Gasteiger partial charge on any atom is 0.404 e. The number of aliphatic hydroxyl groups is 1. The molecule has 15 heteroatoms. The molecular formula is C14H10BrF4N5O5. The van der Waals surface area contributed by atoms with E-state index in [-0.39, 0.29) is 21.8 Å². The number of carbonyl (C=O) groups excluding carboxylic acids is 1. The Balaban J connectivity index is 1.83. The second kappa shape index (κ2) is 7.55. The standard InChI is InChI=1S/C14H10BrF4N5O5/c15-7-5-22(21-11(7)24(27)28)4-6-1-2-9(29-6)12(25)23-14(26,13(18)19)3-8(20-23)10(16)17/h1-2,5,10,13,26H,3-4H2/t14-/m1/s1. The molecule has 1 aliphatic heterocycles. The van der Waals surface area contributed by atoms with Crippen LogP contribution in [0.25, 0.3) is 0 Å². The molecule has 0 bridgehead atoms. The number of nitrogens with zero attached hydrogens (tertiary/aromatic N) is 5. The number of hydrogen-bond acceptors (Lipinski definition) is 7. The smallest absolute Gasteiger partial charge is 0.404 e. The van der Waals surface area contributed by atoms with E-state index >= 15 is 0 Å². The van der Waals surface area contributed by atoms with Crippen molar-refractivity contribution >= 4 is 33.4 Å². The van der Waals surface area contributed by atoms with Crippen molar-refractivity contribution in [2.75, 3.05) is 0 Å². The second-order valence-electron chi connectivity index (χ2n) is 5.89. The van der Waals surface area contributed by atoms with Crippen molar-refractivity contribution in [1.29, 1.82) is 0 Å². The molecule has 1 amide bonds. The maximum absolute atomic E-state index is 13.2. The van der Waals surface area contributed by atoms with Crippen LogP contribution in [0.3, 0.4) is 0 Å². The molecule has 0 unspecified atom stereocenters. The third-order valence-electron chi connectivity index (χ3n) is 3.89. The Morgan fingerprint density at radius 1 is 1.41 bits per heavy atom. The summed E-state index contributed by atoms with van der Waals surface area (Å²) in [6, 6.07) is 2.32. The zero-order chi connectivity index (χ0) is 21.5. The minimum Gasteiger partial charge on any atom is -0.454 e. The summed E-state index contributed by atoms with van der Waals surface area (Å²) in [5.41, 5.74) is -4.30. The molecule has 2 aromatic rings. The van der Waals surface area contributed by atoms with E-state index in [1.54, 1.807) is 0 Å². The molecule has 1 atom stereocenters. The first-order valence-corrected chi connectivity index (χ1v) is 8.49. The van der Waals surface area contributed by atoms with Crippen molar-refractivity contribution in [2.45, 2.75) is 31.5 Å². The van der Waals surface area contributed by atoms with Gasteiger partial charge in [0.2, 0.25) is 5.72 Å². The van der Waals surface area contributed by atoms with Crippen molar-refractivity contribution in [1.82, 2.24) is 14.8 Å². The molecule has 0 fully saturated rings. The maximum atomic E-state index is 13.2. The average molecular weight is 484 g/mol. The normalized spacial score (nSPS) is 19.3. The average Bonchev–Trinajstić information content (AvgIpc) is 3.32. The molecule has 0 saturated heterocycles. The van der Waals surface area contributed by atoms with Crippen molar-refractivity contribution in [2.24, 2.45) is 5.10 Å². The number of furan rings is 1. The lowest BCUT2D eigenvalue weighted by molar-refractivity contribution is -0.390. The second-order valence-corrected chi connectivity index (χ2v) is 6.74. The van der Waals surface area contributed by atoms with Crippen LogP contribution >= 0.6 is 15.9 Å². The summed E-state index contributed by atoms with van der Waals surface area (Å²) < 4.78 is 58.5. The zero-order valence-electron chi connectivity index (χ0n) is 14.0. The van der Waals surface area contributed by atoms with Gasteiger partial charge < -0.3 is 19.6 Å². The van der Waals surface area contributed by atoms with Crippen molar-refractivity contribution in [3.05, 3.63) is 44.4 Å². The number of hydrazone groups is 1. The summed E-state index contributed by atoms with van der Waals surface area (Å²) in [7, 11) is 0. The highest BCUT2D eigenvalue weighted by atomic mass is 79.9. The number of hydrogen-bond donors (Lipinski definition) is 1. The van der Waals surface area contributed by atoms with Crippen LogP contribution in [0, 0.1) is 10.1 Å². The van der Waals surface area contributed by atoms with Gasteiger partial charge in [0.1, 0.15) is 22.5 Å². The zero-order valence-corrected chi connectivity index (χ0v) is 15.6. The molecule has 0 radical (unpaired) electrons. The fourth-order valence-electron chi connectivity index (χ4n) is 2.54. The van der Waals surface area contributed by atoms with Crippen molar-refractivity contribution in [3.8, 4) is 0 Å². The van der Waals surface area contributed by atoms with E-state index in [2.05, 4.69) is 26.1 Å². The summed E-state index contributed by atoms with van der Waals surface area (Å²) in [6.45, 7) is -0.162. The molecule has 0 aromatic carbocycles. The Labute approximate surface area is 166 Å². The molecule has 0 saturated carbocycles. The summed E-state index contributed by atoms with van der Waals surface area (Å²) in [4.78, 5) is 22.5. The first-order valence-electron chi connectivity index (χ1n) is 7.69. The molecule has 10 nitrogen and oxygen atoms in total. The highest BCUT2D eigenvalue weighted by Crippen LogP contribution is 2.34. The van der Waals surface area contributed by atoms with Crippen LogP contribution in [0.2, 0.25) is 0 Å². The molecule has 29 heavy (non-hydrogen) atoms. The topological polar surface area (TPSA) is 127 Å². The van der Waals surface area contributed by atoms with E-state index in [9.17, 15) is 37.6 Å². The van der Waals surface area contributed by atoms with Crippen LogP contribution in [-0.4, -0.2) is 55.0 Å². The Morgan fingerprint density at radius 3 is 2.66 bits per heavy atom. The van der Waals surface area contributed by atoms with E-state index in [4.69, 9.17) is 4.42 Å². The van der Waals surface area contributed by atoms with Crippen LogP contribution in [0.4, 0.5) is 23.4 Å². The number of alkyl halides is 4. The lowest BCUT2D eigenvalue weighted by Gasteiger charge is -2.29. The summed E-state index contributed by atoms with van der Waals surface area (Å²) in [5, 5.41) is 27.5. The number of carbonyl (C=O) groups is 1. The number of rotatable bonds is 6. The van der Waals surface area contributed by atoms with Gasteiger partial charge in [-0.25, -0.2) is 17.6 Å². The van der Waals surface area contributed by atoms with Gasteiger partial charge in [0.05, 0.1) is 11.3 Å². The lowest BCUT2D eigenvalue weighted by atomic mass is 10.1. The first-order chi connectivity index (χ1) is 13.5. The third-order valence-corrected chi connectivity index (χ3v) is 4.45. The number of aromatic nitrogens is 2. The monoisotopic (exact) mass is 483 g/mol. The van der Waals surface area contributed by atoms with Gasteiger partial charge in [0, 0.05) is 6.42 Å². The summed E-state index contributed by atoms with van der Waals surface area (Å²) in [5.74, 6) is -2.32. The van der Waals surface area contributed by atoms with Gasteiger partial charge in [0.15, 0.2) is 5.76 Å². The third kappa shape index (κ3) is 3.87. The van der Waals surface area contributed by atoms with E-state index in [1.807, 2.05) is 0 Å². The molecule has 1 aliphatic rings.